The van der Waals surface area contributed by atoms with E-state index < -0.39 is 0 Å². The van der Waals surface area contributed by atoms with Crippen LogP contribution in [0.5, 0.6) is 0 Å². The van der Waals surface area contributed by atoms with Gasteiger partial charge in [-0.1, -0.05) is 35.9 Å². The van der Waals surface area contributed by atoms with Crippen molar-refractivity contribution in [1.82, 2.24) is 9.80 Å². The van der Waals surface area contributed by atoms with Gasteiger partial charge in [-0.05, 0) is 49.2 Å². The van der Waals surface area contributed by atoms with Crippen LogP contribution in [0.4, 0.5) is 4.39 Å². The molecule has 1 saturated heterocycles. The Hall–Kier alpha value is -2.70. The molecule has 2 unspecified atom stereocenters. The lowest BCUT2D eigenvalue weighted by Crippen LogP contribution is -2.46. The van der Waals surface area contributed by atoms with Crippen molar-refractivity contribution >= 4 is 29.0 Å². The fourth-order valence-corrected chi connectivity index (χ4v) is 4.14. The molecule has 2 atom stereocenters. The predicted octanol–water partition coefficient (Wildman–Crippen LogP) is 3.87. The van der Waals surface area contributed by atoms with E-state index in [1.165, 1.54) is 17.0 Å². The first-order valence-corrected chi connectivity index (χ1v) is 10.2. The fourth-order valence-electron chi connectivity index (χ4n) is 4.01. The van der Waals surface area contributed by atoms with Gasteiger partial charge >= 0.3 is 0 Å². The van der Waals surface area contributed by atoms with Crippen LogP contribution in [0.3, 0.4) is 0 Å². The number of carbonyl (C=O) groups is 2. The molecule has 2 aliphatic heterocycles. The minimum Gasteiger partial charge on any atom is -0.372 e. The van der Waals surface area contributed by atoms with Crippen LogP contribution in [0.15, 0.2) is 54.2 Å². The van der Waals surface area contributed by atoms with E-state index in [0.29, 0.717) is 40.5 Å². The van der Waals surface area contributed by atoms with Gasteiger partial charge in [0.25, 0.3) is 11.8 Å². The molecule has 156 valence electrons. The highest BCUT2D eigenvalue weighted by molar-refractivity contribution is 6.35. The normalized spacial score (nSPS) is 22.3. The number of nitrogens with zero attached hydrogens (tertiary/aromatic N) is 2. The lowest BCUT2D eigenvalue weighted by atomic mass is 10.0. The van der Waals surface area contributed by atoms with Crippen LogP contribution in [0.2, 0.25) is 5.02 Å². The summed E-state index contributed by atoms with van der Waals surface area (Å²) < 4.78 is 19.1. The number of imide groups is 1. The smallest absolute Gasteiger partial charge is 0.278 e. The molecule has 5 nitrogen and oxygen atoms in total. The van der Waals surface area contributed by atoms with E-state index in [2.05, 4.69) is 0 Å². The number of halogens is 2. The SMILES string of the molecule is CC1CN(C2=C(c3ccc(Cl)cc3)C(=O)N(Cc3ccc(F)cc3)C2=O)CC(C)O1. The molecule has 0 radical (unpaired) electrons. The highest BCUT2D eigenvalue weighted by atomic mass is 35.5. The molecule has 2 amide bonds. The molecule has 0 N–H and O–H groups in total. The van der Waals surface area contributed by atoms with Crippen molar-refractivity contribution in [3.05, 3.63) is 76.2 Å². The second-order valence-corrected chi connectivity index (χ2v) is 8.15. The Morgan fingerprint density at radius 3 is 2.17 bits per heavy atom. The summed E-state index contributed by atoms with van der Waals surface area (Å²) in [5.41, 5.74) is 2.06. The van der Waals surface area contributed by atoms with Crippen LogP contribution in [-0.4, -0.2) is 46.9 Å². The summed E-state index contributed by atoms with van der Waals surface area (Å²) in [6.45, 7) is 5.00. The molecule has 4 rings (SSSR count). The summed E-state index contributed by atoms with van der Waals surface area (Å²) in [6.07, 6.45) is -0.136. The molecule has 0 aromatic heterocycles. The third kappa shape index (κ3) is 3.98. The molecule has 2 heterocycles. The molecule has 0 saturated carbocycles. The van der Waals surface area contributed by atoms with Crippen LogP contribution < -0.4 is 0 Å². The molecule has 2 aliphatic rings. The number of hydrogen-bond donors (Lipinski definition) is 0. The molecule has 0 bridgehead atoms. The summed E-state index contributed by atoms with van der Waals surface area (Å²) >= 11 is 6.02. The zero-order valence-corrected chi connectivity index (χ0v) is 17.5. The third-order valence-corrected chi connectivity index (χ3v) is 5.52. The minimum absolute atomic E-state index is 0.0678. The highest BCUT2D eigenvalue weighted by Gasteiger charge is 2.43. The summed E-state index contributed by atoms with van der Waals surface area (Å²) in [6, 6.07) is 12.7. The van der Waals surface area contributed by atoms with Crippen LogP contribution in [0.1, 0.15) is 25.0 Å². The monoisotopic (exact) mass is 428 g/mol. The van der Waals surface area contributed by atoms with Gasteiger partial charge in [-0.3, -0.25) is 14.5 Å². The molecule has 2 aromatic carbocycles. The first-order valence-electron chi connectivity index (χ1n) is 9.84. The van der Waals surface area contributed by atoms with Gasteiger partial charge in [0.15, 0.2) is 0 Å². The van der Waals surface area contributed by atoms with Crippen molar-refractivity contribution in [3.63, 3.8) is 0 Å². The Labute approximate surface area is 179 Å². The molecule has 30 heavy (non-hydrogen) atoms. The fraction of sp³-hybridized carbons (Fsp3) is 0.304. The summed E-state index contributed by atoms with van der Waals surface area (Å²) in [5.74, 6) is -1.08. The topological polar surface area (TPSA) is 49.9 Å². The Balaban J connectivity index is 1.74. The third-order valence-electron chi connectivity index (χ3n) is 5.27. The number of morpholine rings is 1. The van der Waals surface area contributed by atoms with E-state index >= 15 is 0 Å². The first-order chi connectivity index (χ1) is 14.3. The van der Waals surface area contributed by atoms with E-state index in [1.807, 2.05) is 18.7 Å². The van der Waals surface area contributed by atoms with Gasteiger partial charge in [0.2, 0.25) is 0 Å². The van der Waals surface area contributed by atoms with Crippen molar-refractivity contribution in [3.8, 4) is 0 Å². The van der Waals surface area contributed by atoms with Crippen LogP contribution in [0.25, 0.3) is 5.57 Å². The van der Waals surface area contributed by atoms with Crippen molar-refractivity contribution in [2.75, 3.05) is 13.1 Å². The quantitative estimate of drug-likeness (QED) is 0.694. The zero-order chi connectivity index (χ0) is 21.4. The average Bonchev–Trinajstić information content (AvgIpc) is 2.94. The van der Waals surface area contributed by atoms with Gasteiger partial charge in [0, 0.05) is 18.1 Å². The van der Waals surface area contributed by atoms with E-state index in [9.17, 15) is 14.0 Å². The molecular formula is C23H22ClFN2O3. The second kappa shape index (κ2) is 8.20. The molecule has 0 aliphatic carbocycles. The second-order valence-electron chi connectivity index (χ2n) is 7.72. The zero-order valence-electron chi connectivity index (χ0n) is 16.8. The standard InChI is InChI=1S/C23H22ClFN2O3/c1-14-11-26(12-15(2)30-14)21-20(17-5-7-18(24)8-6-17)22(28)27(23(21)29)13-16-3-9-19(25)10-4-16/h3-10,14-15H,11-13H2,1-2H3. The first kappa shape index (κ1) is 20.6. The van der Waals surface area contributed by atoms with Crippen molar-refractivity contribution in [2.45, 2.75) is 32.6 Å². The Morgan fingerprint density at radius 1 is 0.967 bits per heavy atom. The van der Waals surface area contributed by atoms with E-state index in [4.69, 9.17) is 16.3 Å². The Bertz CT molecular complexity index is 994. The molecular weight excluding hydrogens is 407 g/mol. The number of benzene rings is 2. The molecule has 0 spiro atoms. The van der Waals surface area contributed by atoms with E-state index in [1.54, 1.807) is 36.4 Å². The maximum atomic E-state index is 13.4. The molecule has 1 fully saturated rings. The van der Waals surface area contributed by atoms with Gasteiger partial charge in [-0.15, -0.1) is 0 Å². The number of ether oxygens (including phenoxy) is 1. The van der Waals surface area contributed by atoms with Crippen molar-refractivity contribution in [2.24, 2.45) is 0 Å². The minimum atomic E-state index is -0.367. The Kier molecular flexibility index (Phi) is 5.62. The van der Waals surface area contributed by atoms with Gasteiger partial charge < -0.3 is 9.64 Å². The lowest BCUT2D eigenvalue weighted by Gasteiger charge is -2.37. The van der Waals surface area contributed by atoms with Crippen molar-refractivity contribution < 1.29 is 18.7 Å². The number of hydrogen-bond acceptors (Lipinski definition) is 4. The van der Waals surface area contributed by atoms with Crippen molar-refractivity contribution in [1.29, 1.82) is 0 Å². The van der Waals surface area contributed by atoms with Gasteiger partial charge in [0.1, 0.15) is 11.5 Å². The maximum Gasteiger partial charge on any atom is 0.278 e. The summed E-state index contributed by atoms with van der Waals surface area (Å²) in [5, 5.41) is 0.550. The Morgan fingerprint density at radius 2 is 1.57 bits per heavy atom. The van der Waals surface area contributed by atoms with Gasteiger partial charge in [-0.25, -0.2) is 4.39 Å². The average molecular weight is 429 g/mol. The van der Waals surface area contributed by atoms with E-state index in [-0.39, 0.29) is 36.4 Å². The number of amides is 2. The van der Waals surface area contributed by atoms with Crippen LogP contribution >= 0.6 is 11.6 Å². The molecule has 7 heteroatoms. The van der Waals surface area contributed by atoms with Gasteiger partial charge in [-0.2, -0.15) is 0 Å². The van der Waals surface area contributed by atoms with Crippen LogP contribution in [0, 0.1) is 5.82 Å². The summed E-state index contributed by atoms with van der Waals surface area (Å²) in [7, 11) is 0. The van der Waals surface area contributed by atoms with Gasteiger partial charge in [0.05, 0.1) is 24.3 Å². The largest absolute Gasteiger partial charge is 0.372 e. The number of carbonyl (C=O) groups excluding carboxylic acids is 2. The highest BCUT2D eigenvalue weighted by Crippen LogP contribution is 2.34. The summed E-state index contributed by atoms with van der Waals surface area (Å²) in [4.78, 5) is 29.9. The molecule has 2 aromatic rings. The maximum absolute atomic E-state index is 13.4. The lowest BCUT2D eigenvalue weighted by molar-refractivity contribution is -0.139. The predicted molar refractivity (Wildman–Crippen MR) is 112 cm³/mol. The van der Waals surface area contributed by atoms with E-state index in [0.717, 1.165) is 0 Å². The number of rotatable bonds is 4. The van der Waals surface area contributed by atoms with Crippen LogP contribution in [-0.2, 0) is 20.9 Å².